The molecule has 2 aromatic rings. The first kappa shape index (κ1) is 14.1. The average Bonchev–Trinajstić information content (AvgIpc) is 2.43. The maximum Gasteiger partial charge on any atom is 0.250 e. The van der Waals surface area contributed by atoms with Gasteiger partial charge in [-0.05, 0) is 31.3 Å². The molecule has 5 nitrogen and oxygen atoms in total. The van der Waals surface area contributed by atoms with Gasteiger partial charge in [0.2, 0.25) is 0 Å². The van der Waals surface area contributed by atoms with Crippen LogP contribution in [0.2, 0.25) is 0 Å². The van der Waals surface area contributed by atoms with Crippen LogP contribution >= 0.6 is 12.2 Å². The van der Waals surface area contributed by atoms with E-state index in [1.807, 2.05) is 25.1 Å². The Kier molecular flexibility index (Phi) is 4.37. The van der Waals surface area contributed by atoms with Gasteiger partial charge in [-0.15, -0.1) is 6.58 Å². The van der Waals surface area contributed by atoms with Gasteiger partial charge >= 0.3 is 0 Å². The third-order valence-corrected chi connectivity index (χ3v) is 2.96. The van der Waals surface area contributed by atoms with Crippen molar-refractivity contribution in [3.05, 3.63) is 52.8 Å². The number of hydrazine groups is 1. The predicted molar refractivity (Wildman–Crippen MR) is 86.9 cm³/mol. The van der Waals surface area contributed by atoms with E-state index in [-0.39, 0.29) is 5.56 Å². The third-order valence-electron chi connectivity index (χ3n) is 2.72. The van der Waals surface area contributed by atoms with Crippen LogP contribution < -0.4 is 21.7 Å². The molecule has 1 aromatic carbocycles. The molecular weight excluding hydrogens is 272 g/mol. The lowest BCUT2D eigenvalue weighted by Gasteiger charge is -2.13. The molecular formula is C14H16N4OS. The Morgan fingerprint density at radius 1 is 1.45 bits per heavy atom. The fourth-order valence-corrected chi connectivity index (χ4v) is 1.94. The highest BCUT2D eigenvalue weighted by Crippen LogP contribution is 2.20. The van der Waals surface area contributed by atoms with Crippen molar-refractivity contribution in [2.24, 2.45) is 0 Å². The molecule has 0 spiro atoms. The molecule has 1 aromatic heterocycles. The standard InChI is InChI=1S/C14H16N4OS/c1-3-6-15-14(20)18-17-12-8-13(19)16-11-5-4-9(2)7-10(11)12/h3-5,7-8H,1,6H2,2H3,(H2,15,18,20)(H2,16,17,19). The number of anilines is 1. The van der Waals surface area contributed by atoms with Crippen LogP contribution in [0, 0.1) is 6.92 Å². The predicted octanol–water partition coefficient (Wildman–Crippen LogP) is 1.81. The number of pyridine rings is 1. The summed E-state index contributed by atoms with van der Waals surface area (Å²) in [6, 6.07) is 7.32. The number of benzene rings is 1. The first-order chi connectivity index (χ1) is 9.60. The lowest BCUT2D eigenvalue weighted by Crippen LogP contribution is -2.39. The molecule has 0 fully saturated rings. The summed E-state index contributed by atoms with van der Waals surface area (Å²) in [6.45, 7) is 6.17. The lowest BCUT2D eigenvalue weighted by atomic mass is 10.1. The molecule has 0 unspecified atom stereocenters. The van der Waals surface area contributed by atoms with Gasteiger partial charge < -0.3 is 10.3 Å². The van der Waals surface area contributed by atoms with Crippen LogP contribution in [-0.4, -0.2) is 16.6 Å². The summed E-state index contributed by atoms with van der Waals surface area (Å²) < 4.78 is 0. The van der Waals surface area contributed by atoms with Crippen LogP contribution in [0.3, 0.4) is 0 Å². The van der Waals surface area contributed by atoms with Crippen molar-refractivity contribution >= 4 is 33.9 Å². The van der Waals surface area contributed by atoms with Crippen molar-refractivity contribution in [3.63, 3.8) is 0 Å². The molecule has 1 heterocycles. The average molecular weight is 288 g/mol. The molecule has 0 aliphatic rings. The number of fused-ring (bicyclic) bond motifs is 1. The Morgan fingerprint density at radius 2 is 2.25 bits per heavy atom. The molecule has 20 heavy (non-hydrogen) atoms. The van der Waals surface area contributed by atoms with E-state index >= 15 is 0 Å². The number of aryl methyl sites for hydroxylation is 1. The van der Waals surface area contributed by atoms with Gasteiger partial charge in [-0.25, -0.2) is 0 Å². The monoisotopic (exact) mass is 288 g/mol. The highest BCUT2D eigenvalue weighted by Gasteiger charge is 2.04. The molecule has 0 saturated carbocycles. The fraction of sp³-hybridized carbons (Fsp3) is 0.143. The fourth-order valence-electron chi connectivity index (χ4n) is 1.80. The zero-order valence-electron chi connectivity index (χ0n) is 11.1. The second kappa shape index (κ2) is 6.21. The van der Waals surface area contributed by atoms with Gasteiger partial charge in [0.05, 0.1) is 11.2 Å². The van der Waals surface area contributed by atoms with Crippen molar-refractivity contribution < 1.29 is 0 Å². The van der Waals surface area contributed by atoms with Crippen LogP contribution in [0.4, 0.5) is 5.69 Å². The highest BCUT2D eigenvalue weighted by molar-refractivity contribution is 7.80. The first-order valence-corrected chi connectivity index (χ1v) is 6.55. The molecule has 0 atom stereocenters. The maximum absolute atomic E-state index is 11.6. The lowest BCUT2D eigenvalue weighted by molar-refractivity contribution is 0.979. The summed E-state index contributed by atoms with van der Waals surface area (Å²) in [5, 5.41) is 4.29. The summed E-state index contributed by atoms with van der Waals surface area (Å²) in [5.41, 5.74) is 8.19. The first-order valence-electron chi connectivity index (χ1n) is 6.14. The normalized spacial score (nSPS) is 10.1. The molecule has 2 rings (SSSR count). The summed E-state index contributed by atoms with van der Waals surface area (Å²) in [4.78, 5) is 14.4. The van der Waals surface area contributed by atoms with Gasteiger partial charge in [0, 0.05) is 18.0 Å². The largest absolute Gasteiger partial charge is 0.358 e. The number of hydrogen-bond acceptors (Lipinski definition) is 3. The minimum absolute atomic E-state index is 0.171. The Labute approximate surface area is 122 Å². The van der Waals surface area contributed by atoms with Crippen LogP contribution in [0.5, 0.6) is 0 Å². The van der Waals surface area contributed by atoms with E-state index in [4.69, 9.17) is 12.2 Å². The van der Waals surface area contributed by atoms with E-state index in [9.17, 15) is 4.79 Å². The van der Waals surface area contributed by atoms with Gasteiger partial charge in [0.1, 0.15) is 0 Å². The highest BCUT2D eigenvalue weighted by atomic mass is 32.1. The molecule has 4 N–H and O–H groups in total. The maximum atomic E-state index is 11.6. The number of nitrogens with one attached hydrogen (secondary N) is 4. The summed E-state index contributed by atoms with van der Waals surface area (Å²) >= 11 is 5.08. The topological polar surface area (TPSA) is 68.9 Å². The molecule has 0 bridgehead atoms. The van der Waals surface area contributed by atoms with Crippen LogP contribution in [-0.2, 0) is 0 Å². The van der Waals surface area contributed by atoms with Crippen LogP contribution in [0.1, 0.15) is 5.56 Å². The van der Waals surface area contributed by atoms with Crippen LogP contribution in [0.25, 0.3) is 10.9 Å². The van der Waals surface area contributed by atoms with Gasteiger partial charge in [0.15, 0.2) is 5.11 Å². The van der Waals surface area contributed by atoms with E-state index < -0.39 is 0 Å². The molecule has 0 aliphatic carbocycles. The Morgan fingerprint density at radius 3 is 3.00 bits per heavy atom. The van der Waals surface area contributed by atoms with E-state index in [2.05, 4.69) is 27.7 Å². The number of hydrogen-bond donors (Lipinski definition) is 4. The van der Waals surface area contributed by atoms with E-state index in [1.165, 1.54) is 6.07 Å². The number of aromatic nitrogens is 1. The Bertz CT molecular complexity index is 708. The number of rotatable bonds is 4. The summed E-state index contributed by atoms with van der Waals surface area (Å²) in [7, 11) is 0. The van der Waals surface area contributed by atoms with Crippen molar-refractivity contribution in [3.8, 4) is 0 Å². The Hall–Kier alpha value is -2.34. The molecule has 104 valence electrons. The van der Waals surface area contributed by atoms with E-state index in [0.717, 1.165) is 16.5 Å². The minimum atomic E-state index is -0.171. The Balaban J connectivity index is 2.24. The molecule has 0 amide bonds. The second-order valence-corrected chi connectivity index (χ2v) is 4.75. The van der Waals surface area contributed by atoms with Gasteiger partial charge in [-0.1, -0.05) is 17.7 Å². The number of H-pyrrole nitrogens is 1. The number of thiocarbonyl (C=S) groups is 1. The molecule has 0 aliphatic heterocycles. The van der Waals surface area contributed by atoms with Crippen LogP contribution in [0.15, 0.2) is 41.7 Å². The van der Waals surface area contributed by atoms with Gasteiger partial charge in [-0.3, -0.25) is 15.6 Å². The van der Waals surface area contributed by atoms with Crippen molar-refractivity contribution in [2.75, 3.05) is 12.0 Å². The quantitative estimate of drug-likeness (QED) is 0.392. The number of aromatic amines is 1. The van der Waals surface area contributed by atoms with Crippen molar-refractivity contribution in [1.82, 2.24) is 15.7 Å². The zero-order valence-corrected chi connectivity index (χ0v) is 11.9. The molecule has 0 saturated heterocycles. The zero-order chi connectivity index (χ0) is 14.5. The van der Waals surface area contributed by atoms with Crippen molar-refractivity contribution in [2.45, 2.75) is 6.92 Å². The molecule has 0 radical (unpaired) electrons. The van der Waals surface area contributed by atoms with Gasteiger partial charge in [-0.2, -0.15) is 0 Å². The molecule has 6 heteroatoms. The van der Waals surface area contributed by atoms with Crippen molar-refractivity contribution in [1.29, 1.82) is 0 Å². The smallest absolute Gasteiger partial charge is 0.250 e. The van der Waals surface area contributed by atoms with Gasteiger partial charge in [0.25, 0.3) is 5.56 Å². The SMILES string of the molecule is C=CCNC(=S)NNc1cc(=O)[nH]c2ccc(C)cc12. The third kappa shape index (κ3) is 3.36. The van der Waals surface area contributed by atoms with E-state index in [1.54, 1.807) is 6.08 Å². The summed E-state index contributed by atoms with van der Waals surface area (Å²) in [5.74, 6) is 0. The summed E-state index contributed by atoms with van der Waals surface area (Å²) in [6.07, 6.45) is 1.71. The second-order valence-electron chi connectivity index (χ2n) is 4.35. The van der Waals surface area contributed by atoms with E-state index in [0.29, 0.717) is 17.3 Å². The minimum Gasteiger partial charge on any atom is -0.358 e.